The van der Waals surface area contributed by atoms with E-state index >= 15 is 0 Å². The SMILES string of the molecule is CCOC(=O)[C@H]1CNCC[C@@H]1F. The highest BCUT2D eigenvalue weighted by molar-refractivity contribution is 5.73. The van der Waals surface area contributed by atoms with Gasteiger partial charge in [0.15, 0.2) is 0 Å². The van der Waals surface area contributed by atoms with Crippen LogP contribution in [0.15, 0.2) is 0 Å². The van der Waals surface area contributed by atoms with E-state index in [0.29, 0.717) is 26.1 Å². The summed E-state index contributed by atoms with van der Waals surface area (Å²) in [5.74, 6) is -1.02. The first-order chi connectivity index (χ1) is 5.75. The summed E-state index contributed by atoms with van der Waals surface area (Å²) >= 11 is 0. The number of ether oxygens (including phenoxy) is 1. The van der Waals surface area contributed by atoms with Gasteiger partial charge >= 0.3 is 5.97 Å². The molecular weight excluding hydrogens is 161 g/mol. The highest BCUT2D eigenvalue weighted by Crippen LogP contribution is 2.16. The summed E-state index contributed by atoms with van der Waals surface area (Å²) in [6.07, 6.45) is -0.631. The van der Waals surface area contributed by atoms with Gasteiger partial charge in [-0.25, -0.2) is 4.39 Å². The topological polar surface area (TPSA) is 38.3 Å². The van der Waals surface area contributed by atoms with Gasteiger partial charge in [0.25, 0.3) is 0 Å². The molecule has 3 nitrogen and oxygen atoms in total. The molecule has 1 aliphatic rings. The van der Waals surface area contributed by atoms with Crippen LogP contribution in [0.3, 0.4) is 0 Å². The van der Waals surface area contributed by atoms with Crippen molar-refractivity contribution in [2.24, 2.45) is 5.92 Å². The van der Waals surface area contributed by atoms with Crippen molar-refractivity contribution in [1.82, 2.24) is 5.32 Å². The fraction of sp³-hybridized carbons (Fsp3) is 0.875. The summed E-state index contributed by atoms with van der Waals surface area (Å²) < 4.78 is 17.8. The lowest BCUT2D eigenvalue weighted by Crippen LogP contribution is -2.42. The van der Waals surface area contributed by atoms with E-state index in [1.165, 1.54) is 0 Å². The Hall–Kier alpha value is -0.640. The average Bonchev–Trinajstić information content (AvgIpc) is 2.05. The van der Waals surface area contributed by atoms with Gasteiger partial charge in [0.1, 0.15) is 12.1 Å². The lowest BCUT2D eigenvalue weighted by atomic mass is 9.98. The first-order valence-corrected chi connectivity index (χ1v) is 4.27. The van der Waals surface area contributed by atoms with E-state index in [1.807, 2.05) is 0 Å². The number of carbonyl (C=O) groups excluding carboxylic acids is 1. The van der Waals surface area contributed by atoms with E-state index < -0.39 is 18.1 Å². The number of carbonyl (C=O) groups is 1. The Balaban J connectivity index is 2.42. The molecule has 2 atom stereocenters. The summed E-state index contributed by atoms with van der Waals surface area (Å²) in [6.45, 7) is 3.10. The molecule has 0 aliphatic carbocycles. The number of hydrogen-bond acceptors (Lipinski definition) is 3. The minimum atomic E-state index is -1.04. The maximum absolute atomic E-state index is 13.1. The van der Waals surface area contributed by atoms with Crippen LogP contribution in [0.25, 0.3) is 0 Å². The lowest BCUT2D eigenvalue weighted by molar-refractivity contribution is -0.150. The second-order valence-electron chi connectivity index (χ2n) is 2.87. The molecule has 0 unspecified atom stereocenters. The molecule has 0 bridgehead atoms. The zero-order valence-corrected chi connectivity index (χ0v) is 7.18. The van der Waals surface area contributed by atoms with Gasteiger partial charge in [-0.2, -0.15) is 0 Å². The van der Waals surface area contributed by atoms with Crippen LogP contribution in [0, 0.1) is 5.92 Å². The predicted molar refractivity (Wildman–Crippen MR) is 42.5 cm³/mol. The molecule has 12 heavy (non-hydrogen) atoms. The van der Waals surface area contributed by atoms with Gasteiger partial charge in [-0.3, -0.25) is 4.79 Å². The number of alkyl halides is 1. The second-order valence-corrected chi connectivity index (χ2v) is 2.87. The maximum Gasteiger partial charge on any atom is 0.313 e. The van der Waals surface area contributed by atoms with Crippen molar-refractivity contribution in [3.63, 3.8) is 0 Å². The molecule has 0 spiro atoms. The van der Waals surface area contributed by atoms with Gasteiger partial charge in [0.05, 0.1) is 6.61 Å². The van der Waals surface area contributed by atoms with Gasteiger partial charge in [0, 0.05) is 6.54 Å². The maximum atomic E-state index is 13.1. The largest absolute Gasteiger partial charge is 0.466 e. The van der Waals surface area contributed by atoms with Crippen molar-refractivity contribution in [2.75, 3.05) is 19.7 Å². The van der Waals surface area contributed by atoms with Crippen molar-refractivity contribution < 1.29 is 13.9 Å². The fourth-order valence-electron chi connectivity index (χ4n) is 1.31. The van der Waals surface area contributed by atoms with Crippen LogP contribution in [-0.4, -0.2) is 31.8 Å². The van der Waals surface area contributed by atoms with Gasteiger partial charge in [0.2, 0.25) is 0 Å². The number of halogens is 1. The van der Waals surface area contributed by atoms with E-state index in [-0.39, 0.29) is 0 Å². The monoisotopic (exact) mass is 175 g/mol. The summed E-state index contributed by atoms with van der Waals surface area (Å²) in [7, 11) is 0. The number of hydrogen-bond donors (Lipinski definition) is 1. The molecule has 0 amide bonds. The molecule has 1 N–H and O–H groups in total. The highest BCUT2D eigenvalue weighted by atomic mass is 19.1. The number of piperidine rings is 1. The Kier molecular flexibility index (Phi) is 3.47. The third kappa shape index (κ3) is 2.17. The average molecular weight is 175 g/mol. The Morgan fingerprint density at radius 3 is 3.08 bits per heavy atom. The Labute approximate surface area is 71.3 Å². The third-order valence-electron chi connectivity index (χ3n) is 1.99. The molecule has 1 heterocycles. The van der Waals surface area contributed by atoms with E-state index in [4.69, 9.17) is 4.74 Å². The van der Waals surface area contributed by atoms with Crippen molar-refractivity contribution in [1.29, 1.82) is 0 Å². The molecule has 1 fully saturated rings. The number of esters is 1. The van der Waals surface area contributed by atoms with Crippen molar-refractivity contribution in [3.05, 3.63) is 0 Å². The number of nitrogens with one attached hydrogen (secondary N) is 1. The molecule has 1 saturated heterocycles. The van der Waals surface area contributed by atoms with Crippen LogP contribution < -0.4 is 5.32 Å². The Morgan fingerprint density at radius 1 is 1.75 bits per heavy atom. The molecule has 0 radical (unpaired) electrons. The normalized spacial score (nSPS) is 29.8. The third-order valence-corrected chi connectivity index (χ3v) is 1.99. The minimum absolute atomic E-state index is 0.321. The zero-order chi connectivity index (χ0) is 8.97. The Bertz CT molecular complexity index is 163. The molecule has 0 aromatic carbocycles. The smallest absolute Gasteiger partial charge is 0.313 e. The van der Waals surface area contributed by atoms with Gasteiger partial charge in [-0.05, 0) is 19.9 Å². The molecule has 70 valence electrons. The first kappa shape index (κ1) is 9.45. The van der Waals surface area contributed by atoms with Gasteiger partial charge in [-0.1, -0.05) is 0 Å². The second kappa shape index (κ2) is 4.40. The molecule has 0 aromatic rings. The molecule has 4 heteroatoms. The minimum Gasteiger partial charge on any atom is -0.466 e. The van der Waals surface area contributed by atoms with E-state index in [0.717, 1.165) is 0 Å². The molecule has 1 aliphatic heterocycles. The number of rotatable bonds is 2. The molecule has 0 aromatic heterocycles. The first-order valence-electron chi connectivity index (χ1n) is 4.27. The van der Waals surface area contributed by atoms with Crippen molar-refractivity contribution >= 4 is 5.97 Å². The zero-order valence-electron chi connectivity index (χ0n) is 7.18. The Morgan fingerprint density at radius 2 is 2.50 bits per heavy atom. The highest BCUT2D eigenvalue weighted by Gasteiger charge is 2.31. The van der Waals surface area contributed by atoms with Crippen LogP contribution in [-0.2, 0) is 9.53 Å². The van der Waals surface area contributed by atoms with Crippen LogP contribution in [0.2, 0.25) is 0 Å². The molecule has 1 rings (SSSR count). The standard InChI is InChI=1S/C8H14FNO2/c1-2-12-8(11)6-5-10-4-3-7(6)9/h6-7,10H,2-5H2,1H3/t6-,7-/m0/s1. The lowest BCUT2D eigenvalue weighted by Gasteiger charge is -2.24. The summed E-state index contributed by atoms with van der Waals surface area (Å²) in [4.78, 5) is 11.1. The van der Waals surface area contributed by atoms with Crippen molar-refractivity contribution in [3.8, 4) is 0 Å². The van der Waals surface area contributed by atoms with Crippen LogP contribution >= 0.6 is 0 Å². The predicted octanol–water partition coefficient (Wildman–Crippen LogP) is 0.497. The summed E-state index contributed by atoms with van der Waals surface area (Å²) in [5, 5.41) is 2.96. The van der Waals surface area contributed by atoms with Crippen LogP contribution in [0.4, 0.5) is 4.39 Å². The summed E-state index contributed by atoms with van der Waals surface area (Å²) in [5.41, 5.74) is 0. The van der Waals surface area contributed by atoms with Crippen LogP contribution in [0.1, 0.15) is 13.3 Å². The van der Waals surface area contributed by atoms with E-state index in [2.05, 4.69) is 5.32 Å². The summed E-state index contributed by atoms with van der Waals surface area (Å²) in [6, 6.07) is 0. The van der Waals surface area contributed by atoms with E-state index in [9.17, 15) is 9.18 Å². The quantitative estimate of drug-likeness (QED) is 0.621. The molecular formula is C8H14FNO2. The van der Waals surface area contributed by atoms with Crippen molar-refractivity contribution in [2.45, 2.75) is 19.5 Å². The van der Waals surface area contributed by atoms with E-state index in [1.54, 1.807) is 6.92 Å². The van der Waals surface area contributed by atoms with Gasteiger partial charge < -0.3 is 10.1 Å². The molecule has 0 saturated carbocycles. The van der Waals surface area contributed by atoms with Crippen LogP contribution in [0.5, 0.6) is 0 Å². The fourth-order valence-corrected chi connectivity index (χ4v) is 1.31. The van der Waals surface area contributed by atoms with Gasteiger partial charge in [-0.15, -0.1) is 0 Å².